The van der Waals surface area contributed by atoms with Crippen molar-refractivity contribution in [1.82, 2.24) is 14.8 Å². The van der Waals surface area contributed by atoms with Gasteiger partial charge in [-0.25, -0.2) is 4.98 Å². The number of nitrogens with zero attached hydrogens (tertiary/aromatic N) is 3. The van der Waals surface area contributed by atoms with Crippen LogP contribution in [0.2, 0.25) is 0 Å². The van der Waals surface area contributed by atoms with Crippen LogP contribution < -0.4 is 5.32 Å². The number of benzene rings is 2. The van der Waals surface area contributed by atoms with Gasteiger partial charge in [-0.15, -0.1) is 11.3 Å². The molecule has 0 saturated carbocycles. The summed E-state index contributed by atoms with van der Waals surface area (Å²) in [6, 6.07) is 21.5. The second-order valence-electron chi connectivity index (χ2n) is 7.61. The minimum Gasteiger partial charge on any atom is -0.454 e. The van der Waals surface area contributed by atoms with Gasteiger partial charge in [0.1, 0.15) is 17.1 Å². The van der Waals surface area contributed by atoms with Crippen molar-refractivity contribution in [2.75, 3.05) is 5.32 Å². The van der Waals surface area contributed by atoms with Crippen LogP contribution >= 0.6 is 11.3 Å². The predicted molar refractivity (Wildman–Crippen MR) is 127 cm³/mol. The Morgan fingerprint density at radius 1 is 1.12 bits per heavy atom. The molecule has 0 bridgehead atoms. The van der Waals surface area contributed by atoms with Crippen LogP contribution in [-0.4, -0.2) is 20.7 Å². The third-order valence-corrected chi connectivity index (χ3v) is 6.18. The van der Waals surface area contributed by atoms with Crippen LogP contribution in [0.25, 0.3) is 27.6 Å². The fraction of sp³-hybridized carbons (Fsp3) is 0.160. The number of aryl methyl sites for hydroxylation is 1. The second kappa shape index (κ2) is 8.43. The molecule has 3 heterocycles. The van der Waals surface area contributed by atoms with Gasteiger partial charge in [-0.1, -0.05) is 55.5 Å². The predicted octanol–water partition coefficient (Wildman–Crippen LogP) is 6.18. The average molecular weight is 443 g/mol. The molecule has 0 aliphatic rings. The second-order valence-corrected chi connectivity index (χ2v) is 8.44. The minimum absolute atomic E-state index is 0.0612. The maximum Gasteiger partial charge on any atom is 0.233 e. The van der Waals surface area contributed by atoms with E-state index in [1.807, 2.05) is 86.0 Å². The molecule has 1 atom stereocenters. The lowest BCUT2D eigenvalue weighted by Crippen LogP contribution is -2.22. The lowest BCUT2D eigenvalue weighted by molar-refractivity contribution is -0.117. The first kappa shape index (κ1) is 20.2. The number of furan rings is 1. The molecule has 1 amide bonds. The molecule has 3 aromatic heterocycles. The Kier molecular flexibility index (Phi) is 5.33. The molecule has 32 heavy (non-hydrogen) atoms. The highest BCUT2D eigenvalue weighted by molar-refractivity contribution is 7.12. The summed E-state index contributed by atoms with van der Waals surface area (Å²) in [4.78, 5) is 17.8. The standard InChI is InChI=1S/C25H22N4O2S/c1-3-19(17-9-5-4-6-10-17)24(30)27-23-13-16(2)28-29(23)25-26-20(15-32-25)22-14-18-11-7-8-12-21(18)31-22/h4-15,19H,3H2,1-2H3,(H,27,30). The molecular formula is C25H22N4O2S. The van der Waals surface area contributed by atoms with E-state index >= 15 is 0 Å². The number of hydrogen-bond donors (Lipinski definition) is 1. The highest BCUT2D eigenvalue weighted by Gasteiger charge is 2.21. The lowest BCUT2D eigenvalue weighted by atomic mass is 9.96. The number of amides is 1. The summed E-state index contributed by atoms with van der Waals surface area (Å²) in [5.74, 6) is 1.02. The van der Waals surface area contributed by atoms with Gasteiger partial charge in [0.2, 0.25) is 11.0 Å². The average Bonchev–Trinajstić information content (AvgIpc) is 3.52. The molecular weight excluding hydrogens is 420 g/mol. The zero-order valence-electron chi connectivity index (χ0n) is 17.8. The molecule has 6 nitrogen and oxygen atoms in total. The molecule has 0 radical (unpaired) electrons. The SMILES string of the molecule is CCC(C(=O)Nc1cc(C)nn1-c1nc(-c2cc3ccccc3o2)cs1)c1ccccc1. The van der Waals surface area contributed by atoms with Gasteiger partial charge in [0.05, 0.1) is 11.6 Å². The van der Waals surface area contributed by atoms with Crippen molar-refractivity contribution >= 4 is 34.0 Å². The van der Waals surface area contributed by atoms with Gasteiger partial charge in [0.25, 0.3) is 0 Å². The smallest absolute Gasteiger partial charge is 0.233 e. The van der Waals surface area contributed by atoms with Crippen LogP contribution in [0.4, 0.5) is 5.82 Å². The molecule has 0 spiro atoms. The minimum atomic E-state index is -0.234. The quantitative estimate of drug-likeness (QED) is 0.341. The Bertz CT molecular complexity index is 1350. The molecule has 0 saturated heterocycles. The molecule has 5 rings (SSSR count). The van der Waals surface area contributed by atoms with E-state index in [0.717, 1.165) is 27.9 Å². The summed E-state index contributed by atoms with van der Waals surface area (Å²) in [5.41, 5.74) is 3.36. The highest BCUT2D eigenvalue weighted by atomic mass is 32.1. The summed E-state index contributed by atoms with van der Waals surface area (Å²) in [5, 5.41) is 11.3. The van der Waals surface area contributed by atoms with Gasteiger partial charge >= 0.3 is 0 Å². The number of aromatic nitrogens is 3. The number of thiazole rings is 1. The number of para-hydroxylation sites is 1. The van der Waals surface area contributed by atoms with E-state index in [0.29, 0.717) is 23.1 Å². The Hall–Kier alpha value is -3.71. The van der Waals surface area contributed by atoms with Gasteiger partial charge in [-0.2, -0.15) is 9.78 Å². The Morgan fingerprint density at radius 3 is 2.69 bits per heavy atom. The maximum atomic E-state index is 13.1. The molecule has 0 aliphatic carbocycles. The number of fused-ring (bicyclic) bond motifs is 1. The van der Waals surface area contributed by atoms with E-state index in [9.17, 15) is 4.79 Å². The van der Waals surface area contributed by atoms with E-state index in [4.69, 9.17) is 9.40 Å². The van der Waals surface area contributed by atoms with Crippen LogP contribution in [0.1, 0.15) is 30.5 Å². The van der Waals surface area contributed by atoms with Gasteiger partial charge < -0.3 is 9.73 Å². The van der Waals surface area contributed by atoms with Crippen LogP contribution in [0, 0.1) is 6.92 Å². The summed E-state index contributed by atoms with van der Waals surface area (Å²) in [6.07, 6.45) is 0.705. The van der Waals surface area contributed by atoms with Gasteiger partial charge in [0, 0.05) is 16.8 Å². The topological polar surface area (TPSA) is 73.0 Å². The summed E-state index contributed by atoms with van der Waals surface area (Å²) in [6.45, 7) is 3.91. The summed E-state index contributed by atoms with van der Waals surface area (Å²) in [7, 11) is 0. The Morgan fingerprint density at radius 2 is 1.91 bits per heavy atom. The van der Waals surface area contributed by atoms with Crippen molar-refractivity contribution < 1.29 is 9.21 Å². The van der Waals surface area contributed by atoms with E-state index < -0.39 is 0 Å². The van der Waals surface area contributed by atoms with Crippen molar-refractivity contribution in [1.29, 1.82) is 0 Å². The molecule has 0 aliphatic heterocycles. The highest BCUT2D eigenvalue weighted by Crippen LogP contribution is 2.31. The zero-order chi connectivity index (χ0) is 22.1. The number of nitrogens with one attached hydrogen (secondary N) is 1. The first-order valence-corrected chi connectivity index (χ1v) is 11.4. The normalized spacial score (nSPS) is 12.2. The van der Waals surface area contributed by atoms with E-state index in [1.54, 1.807) is 4.68 Å². The van der Waals surface area contributed by atoms with Crippen LogP contribution in [0.3, 0.4) is 0 Å². The van der Waals surface area contributed by atoms with Crippen LogP contribution in [0.5, 0.6) is 0 Å². The third-order valence-electron chi connectivity index (χ3n) is 5.36. The van der Waals surface area contributed by atoms with Gasteiger partial charge in [0.15, 0.2) is 5.76 Å². The first-order valence-electron chi connectivity index (χ1n) is 10.5. The Balaban J connectivity index is 1.43. The number of rotatable bonds is 6. The third kappa shape index (κ3) is 3.83. The number of anilines is 1. The van der Waals surface area contributed by atoms with E-state index in [1.165, 1.54) is 11.3 Å². The number of carbonyl (C=O) groups excluding carboxylic acids is 1. The lowest BCUT2D eigenvalue weighted by Gasteiger charge is -2.15. The largest absolute Gasteiger partial charge is 0.454 e. The number of hydrogen-bond acceptors (Lipinski definition) is 5. The maximum absolute atomic E-state index is 13.1. The zero-order valence-corrected chi connectivity index (χ0v) is 18.6. The molecule has 2 aromatic carbocycles. The fourth-order valence-corrected chi connectivity index (χ4v) is 4.56. The van der Waals surface area contributed by atoms with Gasteiger partial charge in [-0.3, -0.25) is 4.79 Å². The van der Waals surface area contributed by atoms with Crippen molar-refractivity contribution in [3.8, 4) is 16.6 Å². The van der Waals surface area contributed by atoms with Crippen LogP contribution in [-0.2, 0) is 4.79 Å². The monoisotopic (exact) mass is 442 g/mol. The number of carbonyl (C=O) groups is 1. The van der Waals surface area contributed by atoms with Crippen molar-refractivity contribution in [3.63, 3.8) is 0 Å². The molecule has 1 N–H and O–H groups in total. The van der Waals surface area contributed by atoms with E-state index in [2.05, 4.69) is 10.4 Å². The van der Waals surface area contributed by atoms with Crippen molar-refractivity contribution in [2.45, 2.75) is 26.2 Å². The Labute approximate surface area is 189 Å². The summed E-state index contributed by atoms with van der Waals surface area (Å²) >= 11 is 1.45. The molecule has 1 unspecified atom stereocenters. The van der Waals surface area contributed by atoms with Crippen molar-refractivity contribution in [2.24, 2.45) is 0 Å². The summed E-state index contributed by atoms with van der Waals surface area (Å²) < 4.78 is 7.63. The fourth-order valence-electron chi connectivity index (χ4n) is 3.79. The van der Waals surface area contributed by atoms with E-state index in [-0.39, 0.29) is 11.8 Å². The van der Waals surface area contributed by atoms with Gasteiger partial charge in [-0.05, 0) is 31.0 Å². The van der Waals surface area contributed by atoms with Crippen LogP contribution in [0.15, 0.2) is 76.5 Å². The molecule has 5 aromatic rings. The molecule has 0 fully saturated rings. The molecule has 160 valence electrons. The molecule has 7 heteroatoms. The van der Waals surface area contributed by atoms with Crippen molar-refractivity contribution in [3.05, 3.63) is 83.4 Å². The first-order chi connectivity index (χ1) is 15.6.